The first-order chi connectivity index (χ1) is 15.3. The van der Waals surface area contributed by atoms with Crippen molar-refractivity contribution < 1.29 is 14.4 Å². The number of likely N-dealkylation sites (tertiary alicyclic amines) is 1. The van der Waals surface area contributed by atoms with Gasteiger partial charge in [-0.05, 0) is 54.2 Å². The second-order valence-corrected chi connectivity index (χ2v) is 8.93. The molecule has 4 rings (SSSR count). The minimum atomic E-state index is -0.301. The molecule has 2 aromatic carbocycles. The Labute approximate surface area is 192 Å². The number of amides is 3. The van der Waals surface area contributed by atoms with E-state index in [0.717, 1.165) is 31.5 Å². The minimum absolute atomic E-state index is 0.166. The highest BCUT2D eigenvalue weighted by atomic mass is 35.5. The summed E-state index contributed by atoms with van der Waals surface area (Å²) in [6.07, 6.45) is 2.10. The molecule has 0 aromatic heterocycles. The van der Waals surface area contributed by atoms with Crippen LogP contribution < -0.4 is 5.32 Å². The number of hydrogen-bond donors (Lipinski definition) is 1. The van der Waals surface area contributed by atoms with Gasteiger partial charge in [-0.1, -0.05) is 42.8 Å². The fraction of sp³-hybridized carbons (Fsp3) is 0.320. The summed E-state index contributed by atoms with van der Waals surface area (Å²) in [6.45, 7) is 5.30. The molecule has 0 radical (unpaired) electrons. The number of carbonyl (C=O) groups excluding carboxylic acids is 3. The Bertz CT molecular complexity index is 1080. The normalized spacial score (nSPS) is 19.0. The molecule has 1 fully saturated rings. The lowest BCUT2D eigenvalue weighted by molar-refractivity contribution is -0.138. The van der Waals surface area contributed by atoms with Gasteiger partial charge in [-0.25, -0.2) is 0 Å². The predicted molar refractivity (Wildman–Crippen MR) is 125 cm³/mol. The zero-order valence-corrected chi connectivity index (χ0v) is 19.0. The first kappa shape index (κ1) is 22.1. The van der Waals surface area contributed by atoms with Gasteiger partial charge in [-0.15, -0.1) is 0 Å². The summed E-state index contributed by atoms with van der Waals surface area (Å²) in [5.41, 5.74) is 3.05. The average Bonchev–Trinajstić information content (AvgIpc) is 3.00. The summed E-state index contributed by atoms with van der Waals surface area (Å²) < 4.78 is 0. The van der Waals surface area contributed by atoms with Crippen LogP contribution in [0.15, 0.2) is 54.2 Å². The lowest BCUT2D eigenvalue weighted by Crippen LogP contribution is -2.39. The van der Waals surface area contributed by atoms with Gasteiger partial charge in [0.05, 0.1) is 12.1 Å². The van der Waals surface area contributed by atoms with Gasteiger partial charge in [0.1, 0.15) is 5.70 Å². The highest BCUT2D eigenvalue weighted by molar-refractivity contribution is 6.35. The Morgan fingerprint density at radius 3 is 2.38 bits per heavy atom. The highest BCUT2D eigenvalue weighted by Crippen LogP contribution is 2.35. The van der Waals surface area contributed by atoms with Crippen molar-refractivity contribution >= 4 is 40.6 Å². The molecule has 32 heavy (non-hydrogen) atoms. The zero-order valence-electron chi connectivity index (χ0n) is 18.2. The van der Waals surface area contributed by atoms with Crippen LogP contribution in [0.4, 0.5) is 5.69 Å². The van der Waals surface area contributed by atoms with Crippen molar-refractivity contribution in [2.45, 2.75) is 33.2 Å². The van der Waals surface area contributed by atoms with E-state index in [-0.39, 0.29) is 24.3 Å². The van der Waals surface area contributed by atoms with Crippen LogP contribution >= 0.6 is 11.6 Å². The molecule has 6 nitrogen and oxygen atoms in total. The van der Waals surface area contributed by atoms with E-state index < -0.39 is 0 Å². The standard InChI is InChI=1S/C25H26ClN3O3/c1-16-4-3-13-28(14-16)23-22(19-7-11-21(12-8-19)27-17(2)30)24(31)29(25(23)32)15-18-5-9-20(26)10-6-18/h5-12,16H,3-4,13-15H2,1-2H3,(H,27,30). The molecule has 3 amide bonds. The Kier molecular flexibility index (Phi) is 6.33. The molecule has 1 atom stereocenters. The third-order valence-corrected chi connectivity index (χ3v) is 6.12. The molecule has 2 aromatic rings. The second kappa shape index (κ2) is 9.17. The van der Waals surface area contributed by atoms with Crippen LogP contribution in [0.2, 0.25) is 5.02 Å². The maximum absolute atomic E-state index is 13.5. The summed E-state index contributed by atoms with van der Waals surface area (Å²) in [4.78, 5) is 41.7. The van der Waals surface area contributed by atoms with E-state index in [2.05, 4.69) is 17.1 Å². The summed E-state index contributed by atoms with van der Waals surface area (Å²) in [7, 11) is 0. The summed E-state index contributed by atoms with van der Waals surface area (Å²) in [6, 6.07) is 14.2. The van der Waals surface area contributed by atoms with Crippen molar-refractivity contribution in [1.82, 2.24) is 9.80 Å². The molecule has 0 aliphatic carbocycles. The summed E-state index contributed by atoms with van der Waals surface area (Å²) in [5, 5.41) is 3.34. The molecule has 2 heterocycles. The topological polar surface area (TPSA) is 69.7 Å². The molecular formula is C25H26ClN3O3. The average molecular weight is 452 g/mol. The molecule has 0 spiro atoms. The van der Waals surface area contributed by atoms with Gasteiger partial charge in [0.25, 0.3) is 11.8 Å². The largest absolute Gasteiger partial charge is 0.366 e. The number of benzene rings is 2. The van der Waals surface area contributed by atoms with Crippen LogP contribution in [-0.4, -0.2) is 40.6 Å². The van der Waals surface area contributed by atoms with Gasteiger partial charge in [-0.3, -0.25) is 19.3 Å². The van der Waals surface area contributed by atoms with Crippen LogP contribution in [0.25, 0.3) is 5.57 Å². The first-order valence-corrected chi connectivity index (χ1v) is 11.2. The lowest BCUT2D eigenvalue weighted by Gasteiger charge is -2.33. The van der Waals surface area contributed by atoms with E-state index >= 15 is 0 Å². The SMILES string of the molecule is CC(=O)Nc1ccc(C2=C(N3CCCC(C)C3)C(=O)N(Cc3ccc(Cl)cc3)C2=O)cc1. The van der Waals surface area contributed by atoms with E-state index in [0.29, 0.717) is 33.5 Å². The number of imide groups is 1. The Morgan fingerprint density at radius 1 is 1.06 bits per heavy atom. The molecule has 2 aliphatic rings. The molecular weight excluding hydrogens is 426 g/mol. The third-order valence-electron chi connectivity index (χ3n) is 5.86. The lowest BCUT2D eigenvalue weighted by atomic mass is 9.97. The van der Waals surface area contributed by atoms with Crippen molar-refractivity contribution in [2.75, 3.05) is 18.4 Å². The number of halogens is 1. The smallest absolute Gasteiger partial charge is 0.278 e. The second-order valence-electron chi connectivity index (χ2n) is 8.50. The quantitative estimate of drug-likeness (QED) is 0.688. The van der Waals surface area contributed by atoms with Crippen LogP contribution in [0.5, 0.6) is 0 Å². The van der Waals surface area contributed by atoms with Gasteiger partial charge in [-0.2, -0.15) is 0 Å². The maximum atomic E-state index is 13.5. The van der Waals surface area contributed by atoms with E-state index in [9.17, 15) is 14.4 Å². The number of piperidine rings is 1. The monoisotopic (exact) mass is 451 g/mol. The number of carbonyl (C=O) groups is 3. The molecule has 1 saturated heterocycles. The molecule has 166 valence electrons. The van der Waals surface area contributed by atoms with Crippen molar-refractivity contribution in [3.8, 4) is 0 Å². The van der Waals surface area contributed by atoms with Crippen LogP contribution in [0, 0.1) is 5.92 Å². The zero-order chi connectivity index (χ0) is 22.8. The molecule has 2 aliphatic heterocycles. The molecule has 0 saturated carbocycles. The highest BCUT2D eigenvalue weighted by Gasteiger charge is 2.42. The fourth-order valence-corrected chi connectivity index (χ4v) is 4.47. The number of rotatable bonds is 5. The molecule has 1 unspecified atom stereocenters. The number of nitrogens with one attached hydrogen (secondary N) is 1. The summed E-state index contributed by atoms with van der Waals surface area (Å²) >= 11 is 5.98. The number of nitrogens with zero attached hydrogens (tertiary/aromatic N) is 2. The van der Waals surface area contributed by atoms with Gasteiger partial charge in [0.2, 0.25) is 5.91 Å². The van der Waals surface area contributed by atoms with Gasteiger partial charge >= 0.3 is 0 Å². The van der Waals surface area contributed by atoms with Crippen molar-refractivity contribution in [3.63, 3.8) is 0 Å². The maximum Gasteiger partial charge on any atom is 0.278 e. The van der Waals surface area contributed by atoms with E-state index in [1.165, 1.54) is 11.8 Å². The van der Waals surface area contributed by atoms with E-state index in [1.807, 2.05) is 12.1 Å². The van der Waals surface area contributed by atoms with Crippen LogP contribution in [0.3, 0.4) is 0 Å². The summed E-state index contributed by atoms with van der Waals surface area (Å²) in [5.74, 6) is -0.278. The first-order valence-electron chi connectivity index (χ1n) is 10.8. The molecule has 1 N–H and O–H groups in total. The molecule has 0 bridgehead atoms. The predicted octanol–water partition coefficient (Wildman–Crippen LogP) is 4.31. The Morgan fingerprint density at radius 2 is 1.75 bits per heavy atom. The Balaban J connectivity index is 1.70. The van der Waals surface area contributed by atoms with Crippen molar-refractivity contribution in [1.29, 1.82) is 0 Å². The van der Waals surface area contributed by atoms with Crippen molar-refractivity contribution in [2.24, 2.45) is 5.92 Å². The minimum Gasteiger partial charge on any atom is -0.366 e. The third kappa shape index (κ3) is 4.55. The number of hydrogen-bond acceptors (Lipinski definition) is 4. The van der Waals surface area contributed by atoms with Crippen molar-refractivity contribution in [3.05, 3.63) is 70.4 Å². The van der Waals surface area contributed by atoms with Gasteiger partial charge < -0.3 is 10.2 Å². The van der Waals surface area contributed by atoms with Crippen LogP contribution in [0.1, 0.15) is 37.8 Å². The Hall–Kier alpha value is -3.12. The van der Waals surface area contributed by atoms with Gasteiger partial charge in [0, 0.05) is 30.7 Å². The van der Waals surface area contributed by atoms with Gasteiger partial charge in [0.15, 0.2) is 0 Å². The van der Waals surface area contributed by atoms with E-state index in [4.69, 9.17) is 11.6 Å². The number of anilines is 1. The van der Waals surface area contributed by atoms with Crippen LogP contribution in [-0.2, 0) is 20.9 Å². The molecule has 7 heteroatoms. The van der Waals surface area contributed by atoms with E-state index in [1.54, 1.807) is 36.4 Å². The fourth-order valence-electron chi connectivity index (χ4n) is 4.35.